The van der Waals surface area contributed by atoms with Gasteiger partial charge in [0.15, 0.2) is 11.6 Å². The summed E-state index contributed by atoms with van der Waals surface area (Å²) in [6.45, 7) is 2.05. The SMILES string of the molecule is CCc1ccc(N2C(=O)C3CC=C4C(CC5C(=O)C(c6ccccc6)=CC(=O)C5(c5ccccc5)C4c4cc(Br)ccc4O)C3C2=O)cc1. The fourth-order valence-electron chi connectivity index (χ4n) is 9.11. The molecule has 4 aliphatic rings. The highest BCUT2D eigenvalue weighted by atomic mass is 79.9. The number of benzene rings is 4. The molecule has 1 saturated heterocycles. The van der Waals surface area contributed by atoms with E-state index in [1.54, 1.807) is 12.1 Å². The third-order valence-corrected chi connectivity index (χ3v) is 11.8. The quantitative estimate of drug-likeness (QED) is 0.169. The molecular weight excluding hydrogens is 678 g/mol. The van der Waals surface area contributed by atoms with Crippen molar-refractivity contribution >= 4 is 50.6 Å². The maximum absolute atomic E-state index is 15.1. The summed E-state index contributed by atoms with van der Waals surface area (Å²) in [5, 5.41) is 11.5. The van der Waals surface area contributed by atoms with Gasteiger partial charge in [0.05, 0.1) is 22.9 Å². The van der Waals surface area contributed by atoms with Gasteiger partial charge in [-0.25, -0.2) is 0 Å². The van der Waals surface area contributed by atoms with Crippen molar-refractivity contribution in [2.24, 2.45) is 23.7 Å². The second-order valence-electron chi connectivity index (χ2n) is 13.5. The molecule has 7 heteroatoms. The summed E-state index contributed by atoms with van der Waals surface area (Å²) in [5.74, 6) is -4.39. The second kappa shape index (κ2) is 11.9. The van der Waals surface area contributed by atoms with Crippen LogP contribution in [0.4, 0.5) is 5.69 Å². The van der Waals surface area contributed by atoms with Crippen LogP contribution in [-0.4, -0.2) is 28.5 Å². The van der Waals surface area contributed by atoms with E-state index in [0.29, 0.717) is 38.8 Å². The summed E-state index contributed by atoms with van der Waals surface area (Å²) in [4.78, 5) is 60.0. The lowest BCUT2D eigenvalue weighted by Crippen LogP contribution is -2.58. The number of ketones is 2. The standard InChI is InChI=1S/C42H34BrNO5/c1-2-24-13-16-28(17-14-24)44-40(48)30-19-18-29-32(37(30)41(44)49)22-34-39(47)31(25-9-5-3-6-10-25)23-36(46)42(34,26-11-7-4-8-12-26)38(29)33-21-27(43)15-20-35(33)45/h3-18,20-21,23,30,32,34,37-38,45H,2,19,22H2,1H3. The van der Waals surface area contributed by atoms with Crippen molar-refractivity contribution in [2.45, 2.75) is 37.5 Å². The molecule has 244 valence electrons. The van der Waals surface area contributed by atoms with Crippen LogP contribution in [0.5, 0.6) is 5.75 Å². The van der Waals surface area contributed by atoms with Crippen molar-refractivity contribution in [1.82, 2.24) is 0 Å². The highest BCUT2D eigenvalue weighted by molar-refractivity contribution is 9.10. The number of amides is 2. The molecule has 0 bridgehead atoms. The molecule has 1 heterocycles. The number of nitrogens with zero attached hydrogens (tertiary/aromatic N) is 1. The fourth-order valence-corrected chi connectivity index (χ4v) is 9.49. The van der Waals surface area contributed by atoms with Crippen LogP contribution in [0.2, 0.25) is 0 Å². The Morgan fingerprint density at radius 2 is 1.53 bits per heavy atom. The van der Waals surface area contributed by atoms with Gasteiger partial charge >= 0.3 is 0 Å². The number of phenols is 1. The van der Waals surface area contributed by atoms with E-state index >= 15 is 4.79 Å². The Hall–Kier alpha value is -4.88. The Labute approximate surface area is 293 Å². The number of hydrogen-bond acceptors (Lipinski definition) is 5. The minimum absolute atomic E-state index is 0.00419. The number of imide groups is 1. The van der Waals surface area contributed by atoms with Crippen molar-refractivity contribution in [3.05, 3.63) is 148 Å². The molecule has 1 saturated carbocycles. The van der Waals surface area contributed by atoms with Crippen LogP contribution in [-0.2, 0) is 31.0 Å². The van der Waals surface area contributed by atoms with E-state index in [9.17, 15) is 19.5 Å². The molecule has 0 radical (unpaired) electrons. The predicted molar refractivity (Wildman–Crippen MR) is 191 cm³/mol. The van der Waals surface area contributed by atoms with Crippen molar-refractivity contribution in [1.29, 1.82) is 0 Å². The second-order valence-corrected chi connectivity index (χ2v) is 14.4. The number of halogens is 1. The Bertz CT molecular complexity index is 2090. The zero-order valence-corrected chi connectivity index (χ0v) is 28.5. The van der Waals surface area contributed by atoms with Crippen LogP contribution in [0.25, 0.3) is 5.57 Å². The topological polar surface area (TPSA) is 91.8 Å². The van der Waals surface area contributed by atoms with E-state index in [4.69, 9.17) is 0 Å². The highest BCUT2D eigenvalue weighted by Crippen LogP contribution is 2.64. The predicted octanol–water partition coefficient (Wildman–Crippen LogP) is 7.75. The van der Waals surface area contributed by atoms with Crippen LogP contribution >= 0.6 is 15.9 Å². The normalized spacial score (nSPS) is 27.6. The van der Waals surface area contributed by atoms with Gasteiger partial charge in [-0.2, -0.15) is 0 Å². The number of phenolic OH excluding ortho intramolecular Hbond substituents is 1. The molecule has 49 heavy (non-hydrogen) atoms. The van der Waals surface area contributed by atoms with Gasteiger partial charge in [0.1, 0.15) is 5.75 Å². The molecule has 0 spiro atoms. The van der Waals surface area contributed by atoms with E-state index in [1.165, 1.54) is 11.0 Å². The minimum atomic E-state index is -1.40. The first-order chi connectivity index (χ1) is 23.7. The highest BCUT2D eigenvalue weighted by Gasteiger charge is 2.66. The number of aryl methyl sites for hydroxylation is 1. The number of fused-ring (bicyclic) bond motifs is 4. The molecule has 2 amide bonds. The lowest BCUT2D eigenvalue weighted by Gasteiger charge is -2.55. The van der Waals surface area contributed by atoms with E-state index < -0.39 is 35.0 Å². The van der Waals surface area contributed by atoms with Gasteiger partial charge in [-0.05, 0) is 78.3 Å². The maximum Gasteiger partial charge on any atom is 0.238 e. The molecule has 6 atom stereocenters. The summed E-state index contributed by atoms with van der Waals surface area (Å²) in [7, 11) is 0. The lowest BCUT2D eigenvalue weighted by atomic mass is 9.44. The first kappa shape index (κ1) is 31.4. The van der Waals surface area contributed by atoms with Gasteiger partial charge in [0.2, 0.25) is 11.8 Å². The van der Waals surface area contributed by atoms with Crippen molar-refractivity contribution in [3.8, 4) is 5.75 Å². The zero-order chi connectivity index (χ0) is 34.0. The third-order valence-electron chi connectivity index (χ3n) is 11.3. The number of rotatable bonds is 5. The molecule has 6 unspecified atom stereocenters. The number of carbonyl (C=O) groups excluding carboxylic acids is 4. The fraction of sp³-hybridized carbons (Fsp3) is 0.238. The summed E-state index contributed by atoms with van der Waals surface area (Å²) in [6, 6.07) is 31.3. The van der Waals surface area contributed by atoms with Gasteiger partial charge in [-0.15, -0.1) is 0 Å². The van der Waals surface area contributed by atoms with Crippen LogP contribution < -0.4 is 4.90 Å². The maximum atomic E-state index is 15.1. The molecule has 4 aromatic carbocycles. The monoisotopic (exact) mass is 711 g/mol. The number of carbonyl (C=O) groups is 4. The van der Waals surface area contributed by atoms with Crippen LogP contribution in [0.3, 0.4) is 0 Å². The van der Waals surface area contributed by atoms with E-state index in [0.717, 1.165) is 17.6 Å². The molecule has 1 N–H and O–H groups in total. The molecule has 0 aromatic heterocycles. The largest absolute Gasteiger partial charge is 0.508 e. The summed E-state index contributed by atoms with van der Waals surface area (Å²) in [5.41, 5.74) is 3.23. The molecule has 1 aliphatic heterocycles. The van der Waals surface area contributed by atoms with Crippen LogP contribution in [0, 0.1) is 23.7 Å². The van der Waals surface area contributed by atoms with Crippen molar-refractivity contribution < 1.29 is 24.3 Å². The smallest absolute Gasteiger partial charge is 0.238 e. The van der Waals surface area contributed by atoms with Crippen LogP contribution in [0.1, 0.15) is 47.9 Å². The number of anilines is 1. The lowest BCUT2D eigenvalue weighted by molar-refractivity contribution is -0.135. The first-order valence-corrected chi connectivity index (χ1v) is 17.6. The Balaban J connectivity index is 1.35. The van der Waals surface area contributed by atoms with Gasteiger partial charge in [-0.1, -0.05) is 107 Å². The van der Waals surface area contributed by atoms with Gasteiger partial charge in [0, 0.05) is 27.4 Å². The number of Topliss-reactive ketones (excluding diaryl/α,β-unsaturated/α-hetero) is 1. The molecular formula is C42H34BrNO5. The van der Waals surface area contributed by atoms with Gasteiger partial charge in [0.25, 0.3) is 0 Å². The number of aromatic hydroxyl groups is 1. The molecule has 8 rings (SSSR count). The molecule has 4 aromatic rings. The average molecular weight is 713 g/mol. The van der Waals surface area contributed by atoms with E-state index in [-0.39, 0.29) is 35.6 Å². The Morgan fingerprint density at radius 3 is 2.22 bits per heavy atom. The summed E-state index contributed by atoms with van der Waals surface area (Å²) >= 11 is 3.59. The third kappa shape index (κ3) is 4.66. The molecule has 6 nitrogen and oxygen atoms in total. The molecule has 2 fully saturated rings. The average Bonchev–Trinajstić information content (AvgIpc) is 3.39. The Kier molecular flexibility index (Phi) is 7.63. The van der Waals surface area contributed by atoms with Crippen LogP contribution in [0.15, 0.2) is 125 Å². The minimum Gasteiger partial charge on any atom is -0.508 e. The van der Waals surface area contributed by atoms with Gasteiger partial charge < -0.3 is 5.11 Å². The van der Waals surface area contributed by atoms with Crippen molar-refractivity contribution in [3.63, 3.8) is 0 Å². The zero-order valence-electron chi connectivity index (χ0n) is 26.9. The molecule has 3 aliphatic carbocycles. The Morgan fingerprint density at radius 1 is 0.837 bits per heavy atom. The van der Waals surface area contributed by atoms with Gasteiger partial charge in [-0.3, -0.25) is 24.1 Å². The number of hydrogen-bond donors (Lipinski definition) is 1. The summed E-state index contributed by atoms with van der Waals surface area (Å²) in [6.07, 6.45) is 4.87. The first-order valence-electron chi connectivity index (χ1n) is 16.8. The summed E-state index contributed by atoms with van der Waals surface area (Å²) < 4.78 is 0.709. The van der Waals surface area contributed by atoms with E-state index in [2.05, 4.69) is 22.9 Å². The van der Waals surface area contributed by atoms with Crippen molar-refractivity contribution in [2.75, 3.05) is 4.90 Å². The number of allylic oxidation sites excluding steroid dienone is 4. The van der Waals surface area contributed by atoms with E-state index in [1.807, 2.05) is 97.1 Å².